The zero-order chi connectivity index (χ0) is 17.5. The highest BCUT2D eigenvalue weighted by Gasteiger charge is 2.22. The van der Waals surface area contributed by atoms with Gasteiger partial charge in [-0.05, 0) is 38.1 Å². The third-order valence-corrected chi connectivity index (χ3v) is 3.62. The van der Waals surface area contributed by atoms with Crippen LogP contribution >= 0.6 is 11.6 Å². The van der Waals surface area contributed by atoms with Crippen LogP contribution in [0, 0.1) is 6.92 Å². The Morgan fingerprint density at radius 3 is 2.42 bits per heavy atom. The Balaban J connectivity index is 2.32. The maximum absolute atomic E-state index is 12.7. The van der Waals surface area contributed by atoms with Gasteiger partial charge in [0.05, 0.1) is 11.6 Å². The number of ether oxygens (including phenoxy) is 1. The molecule has 1 N–H and O–H groups in total. The standard InChI is InChI=1S/C19H18ClNO3/c1-3-24-19(23)16(12-21-14-10-8-13(2)9-11-14)18(22)15-6-4-5-7-17(15)20/h4-12,21H,3H2,1-2H3. The van der Waals surface area contributed by atoms with Crippen LogP contribution in [0.25, 0.3) is 0 Å². The minimum atomic E-state index is -0.693. The summed E-state index contributed by atoms with van der Waals surface area (Å²) in [5.41, 5.74) is 2.02. The summed E-state index contributed by atoms with van der Waals surface area (Å²) in [5, 5.41) is 3.24. The maximum atomic E-state index is 12.7. The number of aryl methyl sites for hydroxylation is 1. The van der Waals surface area contributed by atoms with Crippen LogP contribution in [0.15, 0.2) is 60.3 Å². The minimum Gasteiger partial charge on any atom is -0.462 e. The molecule has 0 heterocycles. The fourth-order valence-corrected chi connectivity index (χ4v) is 2.24. The second-order valence-electron chi connectivity index (χ2n) is 5.10. The topological polar surface area (TPSA) is 55.4 Å². The molecule has 0 bridgehead atoms. The number of esters is 1. The molecule has 0 saturated heterocycles. The largest absolute Gasteiger partial charge is 0.462 e. The quantitative estimate of drug-likeness (QED) is 0.278. The van der Waals surface area contributed by atoms with E-state index in [4.69, 9.17) is 16.3 Å². The van der Waals surface area contributed by atoms with E-state index in [2.05, 4.69) is 5.32 Å². The van der Waals surface area contributed by atoms with Gasteiger partial charge in [-0.25, -0.2) is 4.79 Å². The number of anilines is 1. The highest BCUT2D eigenvalue weighted by Crippen LogP contribution is 2.20. The Hall–Kier alpha value is -2.59. The molecular formula is C19H18ClNO3. The molecule has 24 heavy (non-hydrogen) atoms. The van der Waals surface area contributed by atoms with Crippen LogP contribution in [0.4, 0.5) is 5.69 Å². The van der Waals surface area contributed by atoms with E-state index in [9.17, 15) is 9.59 Å². The van der Waals surface area contributed by atoms with Crippen LogP contribution in [-0.2, 0) is 9.53 Å². The minimum absolute atomic E-state index is 0.106. The van der Waals surface area contributed by atoms with Gasteiger partial charge in [0.1, 0.15) is 5.57 Å². The van der Waals surface area contributed by atoms with Gasteiger partial charge in [-0.2, -0.15) is 0 Å². The summed E-state index contributed by atoms with van der Waals surface area (Å²) in [6.07, 6.45) is 1.36. The summed E-state index contributed by atoms with van der Waals surface area (Å²) in [7, 11) is 0. The van der Waals surface area contributed by atoms with Crippen LogP contribution < -0.4 is 5.32 Å². The number of nitrogens with one attached hydrogen (secondary N) is 1. The van der Waals surface area contributed by atoms with E-state index >= 15 is 0 Å². The van der Waals surface area contributed by atoms with Gasteiger partial charge in [-0.15, -0.1) is 0 Å². The van der Waals surface area contributed by atoms with Crippen molar-refractivity contribution in [2.75, 3.05) is 11.9 Å². The lowest BCUT2D eigenvalue weighted by molar-refractivity contribution is -0.138. The Bertz CT molecular complexity index is 766. The van der Waals surface area contributed by atoms with E-state index in [0.29, 0.717) is 0 Å². The van der Waals surface area contributed by atoms with E-state index in [1.165, 1.54) is 6.20 Å². The highest BCUT2D eigenvalue weighted by atomic mass is 35.5. The predicted octanol–water partition coefficient (Wildman–Crippen LogP) is 4.39. The number of benzene rings is 2. The molecule has 0 aliphatic heterocycles. The van der Waals surface area contributed by atoms with E-state index in [1.54, 1.807) is 31.2 Å². The molecule has 0 aliphatic carbocycles. The number of hydrogen-bond acceptors (Lipinski definition) is 4. The van der Waals surface area contributed by atoms with Gasteiger partial charge in [0.15, 0.2) is 0 Å². The van der Waals surface area contributed by atoms with E-state index < -0.39 is 11.8 Å². The second kappa shape index (κ2) is 8.31. The molecule has 124 valence electrons. The smallest absolute Gasteiger partial charge is 0.343 e. The molecule has 4 nitrogen and oxygen atoms in total. The Morgan fingerprint density at radius 2 is 1.79 bits per heavy atom. The summed E-state index contributed by atoms with van der Waals surface area (Å²) < 4.78 is 4.98. The average molecular weight is 344 g/mol. The number of halogens is 1. The molecular weight excluding hydrogens is 326 g/mol. The molecule has 2 aromatic carbocycles. The van der Waals surface area contributed by atoms with Crippen molar-refractivity contribution >= 4 is 29.0 Å². The molecule has 0 atom stereocenters. The summed E-state index contributed by atoms with van der Waals surface area (Å²) in [6, 6.07) is 14.1. The van der Waals surface area contributed by atoms with Crippen molar-refractivity contribution in [3.8, 4) is 0 Å². The van der Waals surface area contributed by atoms with Crippen molar-refractivity contribution in [3.05, 3.63) is 76.5 Å². The van der Waals surface area contributed by atoms with Crippen LogP contribution in [0.3, 0.4) is 0 Å². The van der Waals surface area contributed by atoms with Gasteiger partial charge in [0, 0.05) is 17.5 Å². The molecule has 0 aromatic heterocycles. The summed E-state index contributed by atoms with van der Waals surface area (Å²) >= 11 is 6.06. The van der Waals surface area contributed by atoms with Crippen molar-refractivity contribution < 1.29 is 14.3 Å². The van der Waals surface area contributed by atoms with Crippen LogP contribution in [0.5, 0.6) is 0 Å². The number of carbonyl (C=O) groups excluding carboxylic acids is 2. The first kappa shape index (κ1) is 17.8. The molecule has 0 spiro atoms. The lowest BCUT2D eigenvalue weighted by Crippen LogP contribution is -2.18. The third kappa shape index (κ3) is 4.46. The summed E-state index contributed by atoms with van der Waals surface area (Å²) in [6.45, 7) is 3.84. The lowest BCUT2D eigenvalue weighted by Gasteiger charge is -2.09. The number of hydrogen-bond donors (Lipinski definition) is 1. The zero-order valence-corrected chi connectivity index (χ0v) is 14.3. The van der Waals surface area contributed by atoms with Crippen LogP contribution in [0.2, 0.25) is 5.02 Å². The van der Waals surface area contributed by atoms with Crippen molar-refractivity contribution in [1.82, 2.24) is 0 Å². The Morgan fingerprint density at radius 1 is 1.12 bits per heavy atom. The van der Waals surface area contributed by atoms with Crippen LogP contribution in [-0.4, -0.2) is 18.4 Å². The fraction of sp³-hybridized carbons (Fsp3) is 0.158. The fourth-order valence-electron chi connectivity index (χ4n) is 2.02. The molecule has 5 heteroatoms. The first-order chi connectivity index (χ1) is 11.5. The van der Waals surface area contributed by atoms with E-state index in [0.717, 1.165) is 11.3 Å². The lowest BCUT2D eigenvalue weighted by atomic mass is 10.0. The highest BCUT2D eigenvalue weighted by molar-refractivity contribution is 6.36. The van der Waals surface area contributed by atoms with Crippen molar-refractivity contribution in [1.29, 1.82) is 0 Å². The zero-order valence-electron chi connectivity index (χ0n) is 13.5. The van der Waals surface area contributed by atoms with Gasteiger partial charge >= 0.3 is 5.97 Å². The van der Waals surface area contributed by atoms with Crippen molar-refractivity contribution in [3.63, 3.8) is 0 Å². The summed E-state index contributed by atoms with van der Waals surface area (Å²) in [4.78, 5) is 24.8. The first-order valence-corrected chi connectivity index (χ1v) is 7.90. The van der Waals surface area contributed by atoms with Crippen molar-refractivity contribution in [2.24, 2.45) is 0 Å². The molecule has 0 radical (unpaired) electrons. The van der Waals surface area contributed by atoms with Gasteiger partial charge in [0.25, 0.3) is 0 Å². The molecule has 0 unspecified atom stereocenters. The molecule has 0 aliphatic rings. The molecule has 0 saturated carbocycles. The van der Waals surface area contributed by atoms with Crippen molar-refractivity contribution in [2.45, 2.75) is 13.8 Å². The van der Waals surface area contributed by atoms with Gasteiger partial charge in [-0.1, -0.05) is 41.4 Å². The third-order valence-electron chi connectivity index (χ3n) is 3.29. The Kier molecular flexibility index (Phi) is 6.15. The normalized spacial score (nSPS) is 11.0. The number of ketones is 1. The van der Waals surface area contributed by atoms with E-state index in [-0.39, 0.29) is 22.8 Å². The molecule has 0 amide bonds. The Labute approximate surface area is 146 Å². The molecule has 0 fully saturated rings. The first-order valence-electron chi connectivity index (χ1n) is 7.52. The number of carbonyl (C=O) groups is 2. The monoisotopic (exact) mass is 343 g/mol. The average Bonchev–Trinajstić information content (AvgIpc) is 2.57. The van der Waals surface area contributed by atoms with E-state index in [1.807, 2.05) is 31.2 Å². The number of rotatable bonds is 6. The van der Waals surface area contributed by atoms with Gasteiger partial charge in [-0.3, -0.25) is 4.79 Å². The molecule has 2 rings (SSSR count). The van der Waals surface area contributed by atoms with Crippen LogP contribution in [0.1, 0.15) is 22.8 Å². The summed E-state index contributed by atoms with van der Waals surface area (Å²) in [5.74, 6) is -1.18. The maximum Gasteiger partial charge on any atom is 0.343 e. The van der Waals surface area contributed by atoms with Gasteiger partial charge < -0.3 is 10.1 Å². The predicted molar refractivity (Wildman–Crippen MR) is 95.3 cm³/mol. The number of Topliss-reactive ketones (excluding diaryl/α,β-unsaturated/α-hetero) is 1. The second-order valence-corrected chi connectivity index (χ2v) is 5.51. The SMILES string of the molecule is CCOC(=O)C(=CNc1ccc(C)cc1)C(=O)c1ccccc1Cl. The van der Waals surface area contributed by atoms with Gasteiger partial charge in [0.2, 0.25) is 5.78 Å². The molecule has 2 aromatic rings.